The molecule has 2 aliphatic heterocycles. The maximum atomic E-state index is 12.7. The van der Waals surface area contributed by atoms with Gasteiger partial charge >= 0.3 is 18.2 Å². The van der Waals surface area contributed by atoms with Crippen LogP contribution in [0.2, 0.25) is 0 Å². The molecule has 2 amide bonds. The van der Waals surface area contributed by atoms with Gasteiger partial charge in [0.1, 0.15) is 23.6 Å². The maximum absolute atomic E-state index is 12.7. The number of carbonyl (C=O) groups excluding carboxylic acids is 2. The van der Waals surface area contributed by atoms with Gasteiger partial charge in [0.2, 0.25) is 0 Å². The maximum Gasteiger partial charge on any atom is 0.410 e. The molecule has 11 nitrogen and oxygen atoms in total. The van der Waals surface area contributed by atoms with Crippen molar-refractivity contribution >= 4 is 18.0 Å². The van der Waals surface area contributed by atoms with Crippen molar-refractivity contribution in [2.24, 2.45) is 0 Å². The van der Waals surface area contributed by atoms with Crippen LogP contribution in [-0.2, 0) is 16.0 Å². The number of hydrogen-bond donors (Lipinski definition) is 0. The summed E-state index contributed by atoms with van der Waals surface area (Å²) in [6.07, 6.45) is 1.52. The topological polar surface area (TPSA) is 101 Å². The van der Waals surface area contributed by atoms with E-state index in [4.69, 9.17) is 19.2 Å². The van der Waals surface area contributed by atoms with Crippen molar-refractivity contribution in [3.8, 4) is 6.01 Å². The van der Waals surface area contributed by atoms with Gasteiger partial charge in [0.05, 0.1) is 12.2 Å². The monoisotopic (exact) mass is 534 g/mol. The van der Waals surface area contributed by atoms with Crippen molar-refractivity contribution in [1.29, 1.82) is 0 Å². The third-order valence-electron chi connectivity index (χ3n) is 6.58. The van der Waals surface area contributed by atoms with Crippen LogP contribution in [0, 0.1) is 6.92 Å². The highest BCUT2D eigenvalue weighted by atomic mass is 16.6. The van der Waals surface area contributed by atoms with Crippen LogP contribution in [0.5, 0.6) is 6.01 Å². The second-order valence-corrected chi connectivity index (χ2v) is 12.3. The number of likely N-dealkylation sites (tertiary alicyclic amines) is 1. The summed E-state index contributed by atoms with van der Waals surface area (Å²) in [4.78, 5) is 42.4. The lowest BCUT2D eigenvalue weighted by atomic mass is 10.1. The SMILES string of the molecule is Cc1nc(OC[C@@H]2CCCN2C)nc(N2CCN(C(=O)OC(C)(C)C)CC2)c1CN(C)C(=O)OC(C)(C)C. The van der Waals surface area contributed by atoms with Gasteiger partial charge < -0.3 is 33.8 Å². The number of piperazine rings is 1. The van der Waals surface area contributed by atoms with Gasteiger partial charge in [-0.2, -0.15) is 4.98 Å². The molecular weight excluding hydrogens is 488 g/mol. The summed E-state index contributed by atoms with van der Waals surface area (Å²) in [5.41, 5.74) is 0.434. The molecule has 2 saturated heterocycles. The largest absolute Gasteiger partial charge is 0.462 e. The molecule has 0 radical (unpaired) electrons. The number of carbonyl (C=O) groups is 2. The lowest BCUT2D eigenvalue weighted by molar-refractivity contribution is 0.0236. The van der Waals surface area contributed by atoms with Crippen molar-refractivity contribution < 1.29 is 23.8 Å². The molecule has 0 N–H and O–H groups in total. The molecule has 0 bridgehead atoms. The van der Waals surface area contributed by atoms with E-state index in [2.05, 4.69) is 21.8 Å². The van der Waals surface area contributed by atoms with Crippen LogP contribution < -0.4 is 9.64 Å². The first-order valence-electron chi connectivity index (χ1n) is 13.5. The number of anilines is 1. The predicted molar refractivity (Wildman–Crippen MR) is 146 cm³/mol. The Morgan fingerprint density at radius 2 is 1.61 bits per heavy atom. The Kier molecular flexibility index (Phi) is 9.33. The highest BCUT2D eigenvalue weighted by molar-refractivity contribution is 5.69. The fourth-order valence-corrected chi connectivity index (χ4v) is 4.50. The Balaban J connectivity index is 1.80. The Morgan fingerprint density at radius 3 is 2.16 bits per heavy atom. The molecule has 214 valence electrons. The first-order valence-corrected chi connectivity index (χ1v) is 13.5. The molecule has 11 heteroatoms. The Hall–Kier alpha value is -2.82. The van der Waals surface area contributed by atoms with Crippen LogP contribution in [0.15, 0.2) is 0 Å². The van der Waals surface area contributed by atoms with Gasteiger partial charge in [-0.1, -0.05) is 0 Å². The third kappa shape index (κ3) is 8.34. The second-order valence-electron chi connectivity index (χ2n) is 12.3. The first-order chi connectivity index (χ1) is 17.6. The lowest BCUT2D eigenvalue weighted by Crippen LogP contribution is -2.50. The number of aryl methyl sites for hydroxylation is 1. The van der Waals surface area contributed by atoms with E-state index >= 15 is 0 Å². The highest BCUT2D eigenvalue weighted by Crippen LogP contribution is 2.27. The van der Waals surface area contributed by atoms with Gasteiger partial charge in [0.15, 0.2) is 0 Å². The zero-order chi connectivity index (χ0) is 28.3. The van der Waals surface area contributed by atoms with Gasteiger partial charge in [-0.15, -0.1) is 0 Å². The summed E-state index contributed by atoms with van der Waals surface area (Å²) in [5.74, 6) is 0.714. The highest BCUT2D eigenvalue weighted by Gasteiger charge is 2.30. The van der Waals surface area contributed by atoms with E-state index in [9.17, 15) is 9.59 Å². The molecule has 2 aliphatic rings. The van der Waals surface area contributed by atoms with Crippen molar-refractivity contribution in [3.05, 3.63) is 11.3 Å². The molecule has 1 aromatic heterocycles. The summed E-state index contributed by atoms with van der Waals surface area (Å²) >= 11 is 0. The zero-order valence-electron chi connectivity index (χ0n) is 24.7. The van der Waals surface area contributed by atoms with Gasteiger partial charge in [-0.25, -0.2) is 14.6 Å². The summed E-state index contributed by atoms with van der Waals surface area (Å²) in [5, 5.41) is 0. The van der Waals surface area contributed by atoms with E-state index in [1.165, 1.54) is 4.90 Å². The quantitative estimate of drug-likeness (QED) is 0.541. The van der Waals surface area contributed by atoms with Crippen molar-refractivity contribution in [2.45, 2.75) is 85.1 Å². The van der Waals surface area contributed by atoms with E-state index < -0.39 is 17.3 Å². The smallest absolute Gasteiger partial charge is 0.410 e. The van der Waals surface area contributed by atoms with Gasteiger partial charge in [0, 0.05) is 44.8 Å². The normalized spacial score (nSPS) is 18.9. The minimum atomic E-state index is -0.594. The van der Waals surface area contributed by atoms with E-state index in [1.807, 2.05) is 48.5 Å². The Labute approximate surface area is 227 Å². The molecule has 38 heavy (non-hydrogen) atoms. The molecule has 0 aliphatic carbocycles. The summed E-state index contributed by atoms with van der Waals surface area (Å²) < 4.78 is 17.2. The molecule has 1 aromatic rings. The average molecular weight is 535 g/mol. The molecule has 3 rings (SSSR count). The molecule has 0 aromatic carbocycles. The van der Waals surface area contributed by atoms with Crippen molar-refractivity contribution in [3.63, 3.8) is 0 Å². The van der Waals surface area contributed by atoms with Crippen LogP contribution in [0.25, 0.3) is 0 Å². The third-order valence-corrected chi connectivity index (χ3v) is 6.58. The minimum absolute atomic E-state index is 0.286. The van der Waals surface area contributed by atoms with Crippen molar-refractivity contribution in [1.82, 2.24) is 24.7 Å². The van der Waals surface area contributed by atoms with Gasteiger partial charge in [-0.3, -0.25) is 0 Å². The number of hydrogen-bond acceptors (Lipinski definition) is 9. The molecule has 3 heterocycles. The molecule has 2 fully saturated rings. The van der Waals surface area contributed by atoms with Crippen molar-refractivity contribution in [2.75, 3.05) is 58.3 Å². The number of ether oxygens (including phenoxy) is 3. The number of aromatic nitrogens is 2. The molecule has 0 unspecified atom stereocenters. The molecule has 0 spiro atoms. The number of nitrogens with zero attached hydrogens (tertiary/aromatic N) is 6. The van der Waals surface area contributed by atoms with E-state index in [-0.39, 0.29) is 12.6 Å². The summed E-state index contributed by atoms with van der Waals surface area (Å²) in [6.45, 7) is 17.1. The summed E-state index contributed by atoms with van der Waals surface area (Å²) in [7, 11) is 3.82. The second kappa shape index (κ2) is 11.9. The van der Waals surface area contributed by atoms with Crippen LogP contribution in [0.3, 0.4) is 0 Å². The number of likely N-dealkylation sites (N-methyl/N-ethyl adjacent to an activating group) is 1. The molecular formula is C27H46N6O5. The van der Waals surface area contributed by atoms with Crippen LogP contribution in [-0.4, -0.2) is 108 Å². The molecule has 1 atom stereocenters. The van der Waals surface area contributed by atoms with E-state index in [0.717, 1.165) is 30.6 Å². The number of rotatable bonds is 6. The fourth-order valence-electron chi connectivity index (χ4n) is 4.50. The summed E-state index contributed by atoms with van der Waals surface area (Å²) in [6, 6.07) is 0.675. The van der Waals surface area contributed by atoms with Crippen LogP contribution in [0.4, 0.5) is 15.4 Å². The number of amides is 2. The van der Waals surface area contributed by atoms with Gasteiger partial charge in [0.25, 0.3) is 0 Å². The zero-order valence-corrected chi connectivity index (χ0v) is 24.7. The average Bonchev–Trinajstić information content (AvgIpc) is 3.21. The van der Waals surface area contributed by atoms with E-state index in [1.54, 1.807) is 11.9 Å². The Bertz CT molecular complexity index is 981. The van der Waals surface area contributed by atoms with Gasteiger partial charge in [-0.05, 0) is 74.9 Å². The predicted octanol–water partition coefficient (Wildman–Crippen LogP) is 3.68. The van der Waals surface area contributed by atoms with E-state index in [0.29, 0.717) is 50.7 Å². The Morgan fingerprint density at radius 1 is 0.974 bits per heavy atom. The molecule has 0 saturated carbocycles. The van der Waals surface area contributed by atoms with Crippen LogP contribution >= 0.6 is 0 Å². The first kappa shape index (κ1) is 29.7. The standard InChI is InChI=1S/C27H46N6O5/c1-19-21(17-31(9)24(34)37-26(2,3)4)22(29-23(28-19)36-18-20-11-10-12-30(20)8)32-13-15-33(16-14-32)25(35)38-27(5,6)7/h20H,10-18H2,1-9H3/t20-/m0/s1. The minimum Gasteiger partial charge on any atom is -0.462 e. The fraction of sp³-hybridized carbons (Fsp3) is 0.778. The lowest BCUT2D eigenvalue weighted by Gasteiger charge is -2.37. The van der Waals surface area contributed by atoms with Crippen LogP contribution in [0.1, 0.15) is 65.6 Å².